The molecule has 1 saturated heterocycles. The molecule has 0 unspecified atom stereocenters. The predicted molar refractivity (Wildman–Crippen MR) is 39.1 cm³/mol. The molecule has 0 atom stereocenters. The average Bonchev–Trinajstić information content (AvgIpc) is 1.85. The molecule has 1 fully saturated rings. The molecule has 0 aromatic carbocycles. The molecule has 1 aliphatic rings. The van der Waals surface area contributed by atoms with Gasteiger partial charge >= 0.3 is 5.97 Å². The van der Waals surface area contributed by atoms with Crippen molar-refractivity contribution in [2.75, 3.05) is 26.2 Å². The lowest BCUT2D eigenvalue weighted by Crippen LogP contribution is -2.52. The second kappa shape index (κ2) is 3.69. The third kappa shape index (κ3) is 2.48. The first-order chi connectivity index (χ1) is 5.22. The molecule has 4 nitrogen and oxygen atoms in total. The Labute approximate surface area is 65.8 Å². The minimum Gasteiger partial charge on any atom is -0.465 e. The summed E-state index contributed by atoms with van der Waals surface area (Å²) < 4.78 is 4.72. The number of carbonyl (C=O) groups is 1. The van der Waals surface area contributed by atoms with Crippen LogP contribution < -0.4 is 0 Å². The van der Waals surface area contributed by atoms with Crippen molar-refractivity contribution in [2.45, 2.75) is 13.0 Å². The summed E-state index contributed by atoms with van der Waals surface area (Å²) in [6, 6.07) is 0. The fourth-order valence-corrected chi connectivity index (χ4v) is 1.06. The number of likely N-dealkylation sites (tertiary alicyclic amines) is 1. The highest BCUT2D eigenvalue weighted by Gasteiger charge is 2.26. The number of β-amino-alcohol motifs (C(OH)–C–C–N with tert-alkyl or cyclic N) is 1. The van der Waals surface area contributed by atoms with Crippen molar-refractivity contribution in [1.82, 2.24) is 4.90 Å². The molecule has 0 aromatic rings. The standard InChI is InChI=1S/C7H13NO3/c1-2-11-7(10)5-8-3-6(9)4-8/h6,9H,2-5H2,1H3. The van der Waals surface area contributed by atoms with Crippen molar-refractivity contribution in [3.63, 3.8) is 0 Å². The topological polar surface area (TPSA) is 49.8 Å². The molecule has 0 bridgehead atoms. The van der Waals surface area contributed by atoms with Crippen molar-refractivity contribution >= 4 is 5.97 Å². The normalized spacial score (nSPS) is 19.5. The first-order valence-electron chi connectivity index (χ1n) is 3.78. The van der Waals surface area contributed by atoms with E-state index < -0.39 is 0 Å². The van der Waals surface area contributed by atoms with Crippen molar-refractivity contribution in [3.05, 3.63) is 0 Å². The molecule has 0 radical (unpaired) electrons. The zero-order chi connectivity index (χ0) is 8.27. The van der Waals surface area contributed by atoms with Gasteiger partial charge in [0.2, 0.25) is 0 Å². The first-order valence-corrected chi connectivity index (χ1v) is 3.78. The van der Waals surface area contributed by atoms with Crippen LogP contribution in [0, 0.1) is 0 Å². The fraction of sp³-hybridized carbons (Fsp3) is 0.857. The summed E-state index contributed by atoms with van der Waals surface area (Å²) in [7, 11) is 0. The van der Waals surface area contributed by atoms with Gasteiger partial charge in [0.05, 0.1) is 19.3 Å². The molecular formula is C7H13NO3. The van der Waals surface area contributed by atoms with E-state index in [-0.39, 0.29) is 12.1 Å². The van der Waals surface area contributed by atoms with Crippen LogP contribution in [-0.4, -0.2) is 48.3 Å². The van der Waals surface area contributed by atoms with Crippen LogP contribution in [0.25, 0.3) is 0 Å². The lowest BCUT2D eigenvalue weighted by Gasteiger charge is -2.34. The van der Waals surface area contributed by atoms with Gasteiger partial charge in [0, 0.05) is 13.1 Å². The molecule has 0 saturated carbocycles. The third-order valence-electron chi connectivity index (χ3n) is 1.60. The maximum absolute atomic E-state index is 10.8. The van der Waals surface area contributed by atoms with Crippen LogP contribution in [0.5, 0.6) is 0 Å². The fourth-order valence-electron chi connectivity index (χ4n) is 1.06. The van der Waals surface area contributed by atoms with Crippen LogP contribution in [-0.2, 0) is 9.53 Å². The maximum atomic E-state index is 10.8. The van der Waals surface area contributed by atoms with Crippen molar-refractivity contribution in [2.24, 2.45) is 0 Å². The Morgan fingerprint density at radius 3 is 2.82 bits per heavy atom. The number of carbonyl (C=O) groups excluding carboxylic acids is 1. The Morgan fingerprint density at radius 2 is 2.36 bits per heavy atom. The monoisotopic (exact) mass is 159 g/mol. The summed E-state index contributed by atoms with van der Waals surface area (Å²) >= 11 is 0. The molecule has 64 valence electrons. The van der Waals surface area contributed by atoms with Crippen LogP contribution in [0.3, 0.4) is 0 Å². The zero-order valence-corrected chi connectivity index (χ0v) is 6.62. The molecule has 0 aliphatic carbocycles. The second-order valence-electron chi connectivity index (χ2n) is 2.65. The van der Waals surface area contributed by atoms with Gasteiger partial charge in [-0.3, -0.25) is 9.69 Å². The lowest BCUT2D eigenvalue weighted by atomic mass is 10.2. The summed E-state index contributed by atoms with van der Waals surface area (Å²) in [5, 5.41) is 8.87. The van der Waals surface area contributed by atoms with Gasteiger partial charge in [-0.15, -0.1) is 0 Å². The molecule has 0 spiro atoms. The Balaban J connectivity index is 2.07. The molecule has 11 heavy (non-hydrogen) atoms. The molecule has 1 aliphatic heterocycles. The van der Waals surface area contributed by atoms with Crippen molar-refractivity contribution in [1.29, 1.82) is 0 Å². The number of esters is 1. The smallest absolute Gasteiger partial charge is 0.320 e. The number of hydrogen-bond donors (Lipinski definition) is 1. The molecule has 4 heteroatoms. The van der Waals surface area contributed by atoms with E-state index >= 15 is 0 Å². The van der Waals surface area contributed by atoms with Gasteiger partial charge in [-0.25, -0.2) is 0 Å². The summed E-state index contributed by atoms with van der Waals surface area (Å²) in [6.07, 6.45) is -0.246. The average molecular weight is 159 g/mol. The third-order valence-corrected chi connectivity index (χ3v) is 1.60. The maximum Gasteiger partial charge on any atom is 0.320 e. The van der Waals surface area contributed by atoms with Crippen LogP contribution in [0.4, 0.5) is 0 Å². The molecular weight excluding hydrogens is 146 g/mol. The highest BCUT2D eigenvalue weighted by Crippen LogP contribution is 2.05. The summed E-state index contributed by atoms with van der Waals surface area (Å²) in [4.78, 5) is 12.7. The van der Waals surface area contributed by atoms with E-state index in [0.717, 1.165) is 0 Å². The van der Waals surface area contributed by atoms with E-state index in [1.165, 1.54) is 0 Å². The highest BCUT2D eigenvalue weighted by molar-refractivity contribution is 5.71. The van der Waals surface area contributed by atoms with Crippen LogP contribution in [0.2, 0.25) is 0 Å². The van der Waals surface area contributed by atoms with Gasteiger partial charge in [0.1, 0.15) is 0 Å². The van der Waals surface area contributed by atoms with Gasteiger partial charge < -0.3 is 9.84 Å². The van der Waals surface area contributed by atoms with E-state index in [9.17, 15) is 4.79 Å². The van der Waals surface area contributed by atoms with Gasteiger partial charge in [-0.05, 0) is 6.92 Å². The number of rotatable bonds is 3. The summed E-state index contributed by atoms with van der Waals surface area (Å²) in [5.74, 6) is -0.209. The summed E-state index contributed by atoms with van der Waals surface area (Å²) in [5.41, 5.74) is 0. The van der Waals surface area contributed by atoms with Crippen molar-refractivity contribution in [3.8, 4) is 0 Å². The number of hydrogen-bond acceptors (Lipinski definition) is 4. The molecule has 1 N–H and O–H groups in total. The summed E-state index contributed by atoms with van der Waals surface area (Å²) in [6.45, 7) is 3.71. The largest absolute Gasteiger partial charge is 0.465 e. The van der Waals surface area contributed by atoms with E-state index in [0.29, 0.717) is 26.2 Å². The number of aliphatic hydroxyl groups excluding tert-OH is 1. The first kappa shape index (κ1) is 8.49. The van der Waals surface area contributed by atoms with E-state index in [2.05, 4.69) is 0 Å². The van der Waals surface area contributed by atoms with Crippen LogP contribution in [0.1, 0.15) is 6.92 Å². The Kier molecular flexibility index (Phi) is 2.84. The number of aliphatic hydroxyl groups is 1. The van der Waals surface area contributed by atoms with E-state index in [1.54, 1.807) is 6.92 Å². The molecule has 1 heterocycles. The Morgan fingerprint density at radius 1 is 1.73 bits per heavy atom. The minimum absolute atomic E-state index is 0.209. The van der Waals surface area contributed by atoms with Crippen LogP contribution >= 0.6 is 0 Å². The predicted octanol–water partition coefficient (Wildman–Crippen LogP) is -0.774. The Hall–Kier alpha value is -0.610. The van der Waals surface area contributed by atoms with Gasteiger partial charge in [-0.1, -0.05) is 0 Å². The van der Waals surface area contributed by atoms with E-state index in [4.69, 9.17) is 9.84 Å². The van der Waals surface area contributed by atoms with Crippen LogP contribution in [0.15, 0.2) is 0 Å². The van der Waals surface area contributed by atoms with Gasteiger partial charge in [0.15, 0.2) is 0 Å². The van der Waals surface area contributed by atoms with Gasteiger partial charge in [0.25, 0.3) is 0 Å². The quantitative estimate of drug-likeness (QED) is 0.549. The second-order valence-corrected chi connectivity index (χ2v) is 2.65. The number of ether oxygens (including phenoxy) is 1. The zero-order valence-electron chi connectivity index (χ0n) is 6.62. The SMILES string of the molecule is CCOC(=O)CN1CC(O)C1. The van der Waals surface area contributed by atoms with E-state index in [1.807, 2.05) is 4.90 Å². The Bertz CT molecular complexity index is 143. The highest BCUT2D eigenvalue weighted by atomic mass is 16.5. The number of nitrogens with zero attached hydrogens (tertiary/aromatic N) is 1. The molecule has 0 amide bonds. The van der Waals surface area contributed by atoms with Crippen molar-refractivity contribution < 1.29 is 14.6 Å². The molecule has 0 aromatic heterocycles. The minimum atomic E-state index is -0.246. The van der Waals surface area contributed by atoms with Gasteiger partial charge in [-0.2, -0.15) is 0 Å². The molecule has 1 rings (SSSR count). The lowest BCUT2D eigenvalue weighted by molar-refractivity contribution is -0.147.